The Kier molecular flexibility index (Phi) is 9.18. The second-order valence-electron chi connectivity index (χ2n) is 8.42. The largest absolute Gasteiger partial charge is 0.478 e. The van der Waals surface area contributed by atoms with Crippen molar-refractivity contribution in [2.75, 3.05) is 13.2 Å². The van der Waals surface area contributed by atoms with Crippen LogP contribution >= 0.6 is 0 Å². The van der Waals surface area contributed by atoms with Crippen molar-refractivity contribution in [1.82, 2.24) is 0 Å². The first-order chi connectivity index (χ1) is 15.6. The molecule has 0 amide bonds. The fourth-order valence-electron chi connectivity index (χ4n) is 4.80. The summed E-state index contributed by atoms with van der Waals surface area (Å²) in [7, 11) is 0. The Hall–Kier alpha value is -2.72. The van der Waals surface area contributed by atoms with E-state index in [1.54, 1.807) is 0 Å². The lowest BCUT2D eigenvalue weighted by Crippen LogP contribution is -2.44. The molecule has 1 fully saturated rings. The Labute approximate surface area is 191 Å². The normalized spacial score (nSPS) is 23.2. The molecule has 0 radical (unpaired) electrons. The van der Waals surface area contributed by atoms with Crippen LogP contribution in [0, 0.1) is 11.8 Å². The molecule has 0 bridgehead atoms. The minimum absolute atomic E-state index is 0.131. The van der Waals surface area contributed by atoms with E-state index in [0.29, 0.717) is 25.7 Å². The predicted octanol–water partition coefficient (Wildman–Crippen LogP) is 3.07. The molecule has 2 rings (SSSR count). The van der Waals surface area contributed by atoms with Crippen molar-refractivity contribution >= 4 is 23.9 Å². The standard InChI is InChI=1S/C23H32O10/c1-3-5-7-13-11-14(19(24)25)18(22(30)31)16(12-15(20(26)27)17(13)21(28)29)23(8-6-4-2)32-9-10-33-23/h13,16H,3-12H2,1-2H3,(H,24,25)(H,26,27)(H,28,29)(H,30,31). The summed E-state index contributed by atoms with van der Waals surface area (Å²) in [4.78, 5) is 49.1. The molecule has 1 aliphatic carbocycles. The van der Waals surface area contributed by atoms with Gasteiger partial charge in [-0.1, -0.05) is 33.1 Å². The molecule has 1 heterocycles. The fourth-order valence-corrected chi connectivity index (χ4v) is 4.80. The van der Waals surface area contributed by atoms with Gasteiger partial charge in [-0.05, 0) is 31.6 Å². The number of unbranched alkanes of at least 4 members (excludes halogenated alkanes) is 2. The molecule has 0 aromatic heterocycles. The van der Waals surface area contributed by atoms with Crippen molar-refractivity contribution in [3.8, 4) is 0 Å². The van der Waals surface area contributed by atoms with Gasteiger partial charge in [0, 0.05) is 17.6 Å². The monoisotopic (exact) mass is 468 g/mol. The highest BCUT2D eigenvalue weighted by molar-refractivity contribution is 6.02. The van der Waals surface area contributed by atoms with Gasteiger partial charge in [0.15, 0.2) is 5.79 Å². The van der Waals surface area contributed by atoms with Gasteiger partial charge in [-0.3, -0.25) is 0 Å². The van der Waals surface area contributed by atoms with Gasteiger partial charge in [0.1, 0.15) is 0 Å². The van der Waals surface area contributed by atoms with Crippen LogP contribution < -0.4 is 0 Å². The van der Waals surface area contributed by atoms with Crippen LogP contribution in [0.5, 0.6) is 0 Å². The average Bonchev–Trinajstić information content (AvgIpc) is 3.20. The number of rotatable bonds is 11. The van der Waals surface area contributed by atoms with Crippen molar-refractivity contribution in [2.24, 2.45) is 11.8 Å². The van der Waals surface area contributed by atoms with Gasteiger partial charge in [-0.15, -0.1) is 0 Å². The number of carbonyl (C=O) groups is 4. The minimum Gasteiger partial charge on any atom is -0.478 e. The summed E-state index contributed by atoms with van der Waals surface area (Å²) in [5, 5.41) is 39.9. The molecule has 10 nitrogen and oxygen atoms in total. The number of ether oxygens (including phenoxy) is 2. The SMILES string of the molecule is CCCCC1CC(C(=O)O)=C(C(=O)O)C(C2(CCCC)OCCO2)CC(C(=O)O)=C1C(=O)O. The molecule has 0 spiro atoms. The highest BCUT2D eigenvalue weighted by Gasteiger charge is 2.51. The topological polar surface area (TPSA) is 168 Å². The fraction of sp³-hybridized carbons (Fsp3) is 0.652. The lowest BCUT2D eigenvalue weighted by molar-refractivity contribution is -0.195. The third-order valence-corrected chi connectivity index (χ3v) is 6.33. The van der Waals surface area contributed by atoms with Gasteiger partial charge in [0.05, 0.1) is 30.3 Å². The van der Waals surface area contributed by atoms with Gasteiger partial charge in [-0.25, -0.2) is 19.2 Å². The Morgan fingerprint density at radius 1 is 0.788 bits per heavy atom. The molecule has 2 aliphatic rings. The Morgan fingerprint density at radius 3 is 1.76 bits per heavy atom. The molecule has 33 heavy (non-hydrogen) atoms. The summed E-state index contributed by atoms with van der Waals surface area (Å²) in [5.74, 6) is -9.73. The second-order valence-corrected chi connectivity index (χ2v) is 8.42. The number of carboxylic acids is 4. The summed E-state index contributed by atoms with van der Waals surface area (Å²) >= 11 is 0. The first-order valence-corrected chi connectivity index (χ1v) is 11.3. The summed E-state index contributed by atoms with van der Waals surface area (Å²) in [6.45, 7) is 4.03. The van der Waals surface area contributed by atoms with Crippen molar-refractivity contribution in [3.63, 3.8) is 0 Å². The molecular weight excluding hydrogens is 436 g/mol. The van der Waals surface area contributed by atoms with Gasteiger partial charge >= 0.3 is 23.9 Å². The lowest BCUT2D eigenvalue weighted by Gasteiger charge is -2.38. The molecule has 10 heteroatoms. The van der Waals surface area contributed by atoms with E-state index in [-0.39, 0.29) is 31.6 Å². The maximum Gasteiger partial charge on any atom is 0.332 e. The molecule has 0 saturated carbocycles. The van der Waals surface area contributed by atoms with Crippen LogP contribution in [0.25, 0.3) is 0 Å². The van der Waals surface area contributed by atoms with E-state index < -0.39 is 71.1 Å². The summed E-state index contributed by atoms with van der Waals surface area (Å²) < 4.78 is 11.7. The Bertz CT molecular complexity index is 847. The smallest absolute Gasteiger partial charge is 0.332 e. The van der Waals surface area contributed by atoms with Gasteiger partial charge < -0.3 is 29.9 Å². The zero-order valence-corrected chi connectivity index (χ0v) is 19.0. The molecule has 4 N–H and O–H groups in total. The Balaban J connectivity index is 2.83. The zero-order valence-electron chi connectivity index (χ0n) is 19.0. The van der Waals surface area contributed by atoms with Crippen LogP contribution in [-0.4, -0.2) is 63.3 Å². The lowest BCUT2D eigenvalue weighted by atomic mass is 9.72. The maximum atomic E-state index is 12.4. The summed E-state index contributed by atoms with van der Waals surface area (Å²) in [6.07, 6.45) is 1.97. The predicted molar refractivity (Wildman–Crippen MR) is 114 cm³/mol. The van der Waals surface area contributed by atoms with E-state index in [9.17, 15) is 39.6 Å². The average molecular weight is 468 g/mol. The van der Waals surface area contributed by atoms with E-state index in [0.717, 1.165) is 0 Å². The quantitative estimate of drug-likeness (QED) is 0.354. The van der Waals surface area contributed by atoms with Gasteiger partial charge in [0.2, 0.25) is 0 Å². The number of aliphatic carboxylic acids is 4. The summed E-state index contributed by atoms with van der Waals surface area (Å²) in [5.41, 5.74) is -1.74. The molecule has 184 valence electrons. The van der Waals surface area contributed by atoms with Crippen LogP contribution in [0.3, 0.4) is 0 Å². The molecule has 0 aromatic rings. The van der Waals surface area contributed by atoms with E-state index in [1.807, 2.05) is 13.8 Å². The van der Waals surface area contributed by atoms with Crippen molar-refractivity contribution in [3.05, 3.63) is 22.3 Å². The number of hydrogen-bond acceptors (Lipinski definition) is 6. The third kappa shape index (κ3) is 5.80. The van der Waals surface area contributed by atoms with Crippen LogP contribution in [0.15, 0.2) is 22.3 Å². The molecule has 2 atom stereocenters. The van der Waals surface area contributed by atoms with Crippen LogP contribution in [0.4, 0.5) is 0 Å². The van der Waals surface area contributed by atoms with Gasteiger partial charge in [0.25, 0.3) is 0 Å². The third-order valence-electron chi connectivity index (χ3n) is 6.33. The van der Waals surface area contributed by atoms with E-state index >= 15 is 0 Å². The second kappa shape index (κ2) is 11.4. The van der Waals surface area contributed by atoms with Crippen molar-refractivity contribution < 1.29 is 49.1 Å². The molecule has 1 aliphatic heterocycles. The number of hydrogen-bond donors (Lipinski definition) is 4. The molecular formula is C23H32O10. The molecule has 2 unspecified atom stereocenters. The highest BCUT2D eigenvalue weighted by atomic mass is 16.7. The van der Waals surface area contributed by atoms with Gasteiger partial charge in [-0.2, -0.15) is 0 Å². The first kappa shape index (κ1) is 26.5. The Morgan fingerprint density at radius 2 is 1.30 bits per heavy atom. The highest BCUT2D eigenvalue weighted by Crippen LogP contribution is 2.46. The number of carboxylic acid groups (broad SMARTS) is 4. The first-order valence-electron chi connectivity index (χ1n) is 11.3. The zero-order chi connectivity index (χ0) is 24.8. The van der Waals surface area contributed by atoms with Crippen LogP contribution in [-0.2, 0) is 28.7 Å². The summed E-state index contributed by atoms with van der Waals surface area (Å²) in [6, 6.07) is 0. The maximum absolute atomic E-state index is 12.4. The van der Waals surface area contributed by atoms with E-state index in [2.05, 4.69) is 0 Å². The van der Waals surface area contributed by atoms with Crippen LogP contribution in [0.1, 0.15) is 65.2 Å². The van der Waals surface area contributed by atoms with Crippen molar-refractivity contribution in [2.45, 2.75) is 71.0 Å². The van der Waals surface area contributed by atoms with Crippen LogP contribution in [0.2, 0.25) is 0 Å². The van der Waals surface area contributed by atoms with E-state index in [1.165, 1.54) is 0 Å². The molecule has 0 aromatic carbocycles. The molecule has 1 saturated heterocycles. The van der Waals surface area contributed by atoms with Crippen molar-refractivity contribution in [1.29, 1.82) is 0 Å². The minimum atomic E-state index is -1.55. The van der Waals surface area contributed by atoms with E-state index in [4.69, 9.17) is 9.47 Å².